The van der Waals surface area contributed by atoms with Crippen LogP contribution in [0.25, 0.3) is 0 Å². The largest absolute Gasteiger partial charge is 0.378 e. The number of hydrogen-bond donors (Lipinski definition) is 0. The molecule has 0 radical (unpaired) electrons. The maximum atomic E-state index is 5.59. The number of hydrogen-bond acceptors (Lipinski definition) is 1. The van der Waals surface area contributed by atoms with E-state index in [0.717, 1.165) is 18.4 Å². The lowest BCUT2D eigenvalue weighted by molar-refractivity contribution is 0.0456. The maximum absolute atomic E-state index is 5.59. The number of allylic oxidation sites excluding steroid dienone is 1. The van der Waals surface area contributed by atoms with Gasteiger partial charge in [-0.2, -0.15) is 0 Å². The molecule has 3 atom stereocenters. The van der Waals surface area contributed by atoms with E-state index in [1.54, 1.807) is 0 Å². The molecule has 0 aromatic rings. The Kier molecular flexibility index (Phi) is 1.53. The van der Waals surface area contributed by atoms with Crippen molar-refractivity contribution in [3.8, 4) is 0 Å². The van der Waals surface area contributed by atoms with Crippen LogP contribution in [0.4, 0.5) is 0 Å². The van der Waals surface area contributed by atoms with Crippen molar-refractivity contribution in [2.24, 2.45) is 11.8 Å². The van der Waals surface area contributed by atoms with Gasteiger partial charge in [0.15, 0.2) is 0 Å². The molecule has 2 aliphatic carbocycles. The van der Waals surface area contributed by atoms with Gasteiger partial charge in [0.2, 0.25) is 0 Å². The van der Waals surface area contributed by atoms with Crippen LogP contribution in [0.5, 0.6) is 0 Å². The first-order valence-corrected chi connectivity index (χ1v) is 4.20. The zero-order chi connectivity index (χ0) is 6.97. The predicted octanol–water partition coefficient (Wildman–Crippen LogP) is 1.99. The predicted molar refractivity (Wildman–Crippen MR) is 40.8 cm³/mol. The van der Waals surface area contributed by atoms with Crippen LogP contribution in [0.15, 0.2) is 12.2 Å². The van der Waals surface area contributed by atoms with Gasteiger partial charge in [-0.3, -0.25) is 0 Å². The Morgan fingerprint density at radius 3 is 2.80 bits per heavy atom. The van der Waals surface area contributed by atoms with Crippen LogP contribution in [0.1, 0.15) is 19.8 Å². The minimum atomic E-state index is 0.556. The van der Waals surface area contributed by atoms with E-state index < -0.39 is 0 Å². The van der Waals surface area contributed by atoms with Gasteiger partial charge in [-0.25, -0.2) is 0 Å². The average Bonchev–Trinajstić information content (AvgIpc) is 2.48. The molecule has 0 aliphatic heterocycles. The van der Waals surface area contributed by atoms with Gasteiger partial charge in [0.1, 0.15) is 0 Å². The van der Waals surface area contributed by atoms with Gasteiger partial charge in [0.05, 0.1) is 6.10 Å². The van der Waals surface area contributed by atoms with Gasteiger partial charge >= 0.3 is 0 Å². The van der Waals surface area contributed by atoms with Crippen molar-refractivity contribution in [2.75, 3.05) is 6.61 Å². The highest BCUT2D eigenvalue weighted by molar-refractivity contribution is 5.10. The van der Waals surface area contributed by atoms with E-state index in [1.165, 1.54) is 12.8 Å². The Balaban J connectivity index is 1.96. The van der Waals surface area contributed by atoms with Crippen LogP contribution in [0.2, 0.25) is 0 Å². The van der Waals surface area contributed by atoms with Crippen LogP contribution in [-0.4, -0.2) is 12.7 Å². The Labute approximate surface area is 62.1 Å². The Morgan fingerprint density at radius 1 is 1.40 bits per heavy atom. The summed E-state index contributed by atoms with van der Waals surface area (Å²) in [7, 11) is 0. The number of rotatable bonds is 2. The second kappa shape index (κ2) is 2.39. The summed E-state index contributed by atoms with van der Waals surface area (Å²) in [6.45, 7) is 2.96. The molecule has 1 heteroatoms. The van der Waals surface area contributed by atoms with Crippen molar-refractivity contribution >= 4 is 0 Å². The molecule has 2 bridgehead atoms. The third kappa shape index (κ3) is 0.891. The van der Waals surface area contributed by atoms with Crippen molar-refractivity contribution in [1.82, 2.24) is 0 Å². The Hall–Kier alpha value is -0.300. The van der Waals surface area contributed by atoms with Crippen molar-refractivity contribution < 1.29 is 4.74 Å². The van der Waals surface area contributed by atoms with Gasteiger partial charge in [0, 0.05) is 12.5 Å². The zero-order valence-electron chi connectivity index (χ0n) is 6.42. The molecule has 0 amide bonds. The molecule has 1 fully saturated rings. The summed E-state index contributed by atoms with van der Waals surface area (Å²) in [6, 6.07) is 0. The molecule has 0 heterocycles. The third-order valence-corrected chi connectivity index (χ3v) is 2.60. The average molecular weight is 138 g/mol. The van der Waals surface area contributed by atoms with E-state index in [-0.39, 0.29) is 0 Å². The quantitative estimate of drug-likeness (QED) is 0.530. The molecule has 0 saturated heterocycles. The summed E-state index contributed by atoms with van der Waals surface area (Å²) in [5, 5.41) is 0. The molecular weight excluding hydrogens is 124 g/mol. The summed E-state index contributed by atoms with van der Waals surface area (Å²) in [5.74, 6) is 1.60. The Bertz CT molecular complexity index is 151. The zero-order valence-corrected chi connectivity index (χ0v) is 6.42. The SMILES string of the molecule is CCOC1CC2C=CC1C2. The molecule has 0 spiro atoms. The van der Waals surface area contributed by atoms with Gasteiger partial charge in [0.25, 0.3) is 0 Å². The normalized spacial score (nSPS) is 43.1. The van der Waals surface area contributed by atoms with Gasteiger partial charge in [-0.15, -0.1) is 0 Å². The fourth-order valence-electron chi connectivity index (χ4n) is 2.14. The molecule has 3 unspecified atom stereocenters. The summed E-state index contributed by atoms with van der Waals surface area (Å²) in [5.41, 5.74) is 0. The van der Waals surface area contributed by atoms with Crippen molar-refractivity contribution in [3.63, 3.8) is 0 Å². The molecular formula is C9H14O. The molecule has 2 rings (SSSR count). The van der Waals surface area contributed by atoms with E-state index in [1.807, 2.05) is 0 Å². The van der Waals surface area contributed by atoms with Gasteiger partial charge < -0.3 is 4.74 Å². The third-order valence-electron chi connectivity index (χ3n) is 2.60. The highest BCUT2D eigenvalue weighted by Gasteiger charge is 2.35. The maximum Gasteiger partial charge on any atom is 0.0643 e. The van der Waals surface area contributed by atoms with E-state index in [2.05, 4.69) is 19.1 Å². The molecule has 2 aliphatic rings. The second-order valence-electron chi connectivity index (χ2n) is 3.27. The molecule has 0 aromatic carbocycles. The molecule has 56 valence electrons. The smallest absolute Gasteiger partial charge is 0.0643 e. The van der Waals surface area contributed by atoms with Gasteiger partial charge in [-0.05, 0) is 25.7 Å². The van der Waals surface area contributed by atoms with Crippen molar-refractivity contribution in [2.45, 2.75) is 25.9 Å². The summed E-state index contributed by atoms with van der Waals surface area (Å²) in [4.78, 5) is 0. The number of fused-ring (bicyclic) bond motifs is 2. The van der Waals surface area contributed by atoms with E-state index in [9.17, 15) is 0 Å². The van der Waals surface area contributed by atoms with Crippen molar-refractivity contribution in [1.29, 1.82) is 0 Å². The van der Waals surface area contributed by atoms with E-state index in [0.29, 0.717) is 6.10 Å². The fraction of sp³-hybridized carbons (Fsp3) is 0.778. The highest BCUT2D eigenvalue weighted by atomic mass is 16.5. The van der Waals surface area contributed by atoms with E-state index in [4.69, 9.17) is 4.74 Å². The Morgan fingerprint density at radius 2 is 2.30 bits per heavy atom. The van der Waals surface area contributed by atoms with Crippen LogP contribution in [-0.2, 0) is 4.74 Å². The topological polar surface area (TPSA) is 9.23 Å². The first-order valence-electron chi connectivity index (χ1n) is 4.20. The minimum Gasteiger partial charge on any atom is -0.378 e. The standard InChI is InChI=1S/C9H14O/c1-2-10-9-6-7-3-4-8(9)5-7/h3-4,7-9H,2,5-6H2,1H3. The van der Waals surface area contributed by atoms with Crippen LogP contribution >= 0.6 is 0 Å². The van der Waals surface area contributed by atoms with Crippen molar-refractivity contribution in [3.05, 3.63) is 12.2 Å². The molecule has 1 nitrogen and oxygen atoms in total. The van der Waals surface area contributed by atoms with E-state index >= 15 is 0 Å². The molecule has 1 saturated carbocycles. The number of ether oxygens (including phenoxy) is 1. The van der Waals surface area contributed by atoms with Crippen LogP contribution < -0.4 is 0 Å². The lowest BCUT2D eigenvalue weighted by atomic mass is 10.1. The lowest BCUT2D eigenvalue weighted by Gasteiger charge is -2.17. The monoisotopic (exact) mass is 138 g/mol. The first-order chi connectivity index (χ1) is 4.90. The van der Waals surface area contributed by atoms with Crippen LogP contribution in [0.3, 0.4) is 0 Å². The second-order valence-corrected chi connectivity index (χ2v) is 3.27. The molecule has 0 aromatic heterocycles. The van der Waals surface area contributed by atoms with Crippen LogP contribution in [0, 0.1) is 11.8 Å². The van der Waals surface area contributed by atoms with Gasteiger partial charge in [-0.1, -0.05) is 12.2 Å². The molecule has 10 heavy (non-hydrogen) atoms. The molecule has 0 N–H and O–H groups in total. The minimum absolute atomic E-state index is 0.556. The first kappa shape index (κ1) is 6.41. The summed E-state index contributed by atoms with van der Waals surface area (Å²) < 4.78 is 5.59. The highest BCUT2D eigenvalue weighted by Crippen LogP contribution is 2.40. The summed E-state index contributed by atoms with van der Waals surface area (Å²) in [6.07, 6.45) is 7.86. The summed E-state index contributed by atoms with van der Waals surface area (Å²) >= 11 is 0. The fourth-order valence-corrected chi connectivity index (χ4v) is 2.14. The lowest BCUT2D eigenvalue weighted by Crippen LogP contribution is -2.17.